The first-order chi connectivity index (χ1) is 9.22. The van der Waals surface area contributed by atoms with E-state index in [0.29, 0.717) is 0 Å². The van der Waals surface area contributed by atoms with Crippen LogP contribution in [-0.4, -0.2) is 13.0 Å². The molecule has 1 fully saturated rings. The van der Waals surface area contributed by atoms with Crippen LogP contribution in [-0.2, 0) is 4.79 Å². The second kappa shape index (κ2) is 4.46. The number of carbonyl (C=O) groups excluding carboxylic acids is 1. The van der Waals surface area contributed by atoms with Crippen LogP contribution >= 0.6 is 0 Å². The van der Waals surface area contributed by atoms with E-state index in [2.05, 4.69) is 0 Å². The number of nitrogens with zero attached hydrogens (tertiary/aromatic N) is 1. The van der Waals surface area contributed by atoms with Crippen LogP contribution in [0.2, 0.25) is 0 Å². The summed E-state index contributed by atoms with van der Waals surface area (Å²) >= 11 is 0. The fraction of sp³-hybridized carbons (Fsp3) is 0.267. The second-order valence-corrected chi connectivity index (χ2v) is 4.66. The molecule has 2 aromatic rings. The van der Waals surface area contributed by atoms with Gasteiger partial charge in [-0.15, -0.1) is 0 Å². The maximum atomic E-state index is 12.1. The monoisotopic (exact) mass is 257 g/mol. The molecule has 0 radical (unpaired) electrons. The average Bonchev–Trinajstić information content (AvgIpc) is 2.97. The van der Waals surface area contributed by atoms with Gasteiger partial charge in [-0.2, -0.15) is 0 Å². The minimum atomic E-state index is -0.0479. The molecule has 1 amide bonds. The highest BCUT2D eigenvalue weighted by Crippen LogP contribution is 2.43. The first-order valence-corrected chi connectivity index (χ1v) is 6.23. The van der Waals surface area contributed by atoms with Crippen molar-refractivity contribution in [3.8, 4) is 5.75 Å². The highest BCUT2D eigenvalue weighted by Gasteiger charge is 2.47. The largest absolute Gasteiger partial charge is 0.497 e. The summed E-state index contributed by atoms with van der Waals surface area (Å²) in [5, 5.41) is 0. The predicted molar refractivity (Wildman–Crippen MR) is 71.1 cm³/mol. The molecule has 4 heteroatoms. The Morgan fingerprint density at radius 3 is 2.53 bits per heavy atom. The van der Waals surface area contributed by atoms with E-state index in [-0.39, 0.29) is 17.9 Å². The number of carbonyl (C=O) groups is 1. The molecule has 0 N–H and O–H groups in total. The Bertz CT molecular complexity index is 574. The molecule has 0 saturated carbocycles. The lowest BCUT2D eigenvalue weighted by Gasteiger charge is -2.44. The van der Waals surface area contributed by atoms with Crippen LogP contribution in [0.5, 0.6) is 5.75 Å². The zero-order valence-corrected chi connectivity index (χ0v) is 10.9. The summed E-state index contributed by atoms with van der Waals surface area (Å²) in [6.45, 7) is 1.93. The van der Waals surface area contributed by atoms with Crippen LogP contribution in [0.4, 0.5) is 5.69 Å². The Balaban J connectivity index is 1.91. The molecule has 4 nitrogen and oxygen atoms in total. The minimum Gasteiger partial charge on any atom is -0.497 e. The SMILES string of the molecule is COc1ccc(N2C(=O)[C@@H](C)[C@H]2c2ccco2)cc1. The quantitative estimate of drug-likeness (QED) is 0.794. The van der Waals surface area contributed by atoms with E-state index in [9.17, 15) is 4.79 Å². The number of rotatable bonds is 3. The lowest BCUT2D eigenvalue weighted by Crippen LogP contribution is -2.53. The van der Waals surface area contributed by atoms with Gasteiger partial charge in [0, 0.05) is 5.69 Å². The smallest absolute Gasteiger partial charge is 0.233 e. The van der Waals surface area contributed by atoms with Gasteiger partial charge >= 0.3 is 0 Å². The average molecular weight is 257 g/mol. The zero-order chi connectivity index (χ0) is 13.4. The molecule has 2 atom stereocenters. The van der Waals surface area contributed by atoms with Crippen molar-refractivity contribution >= 4 is 11.6 Å². The van der Waals surface area contributed by atoms with Gasteiger partial charge in [-0.05, 0) is 36.4 Å². The Labute approximate surface area is 111 Å². The molecule has 0 unspecified atom stereocenters. The molecule has 2 heterocycles. The number of amides is 1. The summed E-state index contributed by atoms with van der Waals surface area (Å²) in [5.41, 5.74) is 0.866. The highest BCUT2D eigenvalue weighted by molar-refractivity contribution is 6.02. The number of anilines is 1. The molecule has 3 rings (SSSR count). The Hall–Kier alpha value is -2.23. The molecule has 0 bridgehead atoms. The first kappa shape index (κ1) is 11.8. The maximum absolute atomic E-state index is 12.1. The molecule has 1 saturated heterocycles. The summed E-state index contributed by atoms with van der Waals surface area (Å²) in [4.78, 5) is 13.8. The van der Waals surface area contributed by atoms with E-state index in [1.54, 1.807) is 18.3 Å². The minimum absolute atomic E-state index is 0.0177. The van der Waals surface area contributed by atoms with Gasteiger partial charge in [0.2, 0.25) is 5.91 Å². The summed E-state index contributed by atoms with van der Waals surface area (Å²) in [6, 6.07) is 11.2. The summed E-state index contributed by atoms with van der Waals surface area (Å²) in [5.74, 6) is 1.67. The van der Waals surface area contributed by atoms with Crippen molar-refractivity contribution in [1.82, 2.24) is 0 Å². The van der Waals surface area contributed by atoms with Crippen molar-refractivity contribution in [1.29, 1.82) is 0 Å². The van der Waals surface area contributed by atoms with Crippen molar-refractivity contribution in [2.75, 3.05) is 12.0 Å². The van der Waals surface area contributed by atoms with Gasteiger partial charge in [-0.25, -0.2) is 0 Å². The maximum Gasteiger partial charge on any atom is 0.233 e. The van der Waals surface area contributed by atoms with E-state index in [0.717, 1.165) is 17.2 Å². The zero-order valence-electron chi connectivity index (χ0n) is 10.9. The molecule has 1 aliphatic heterocycles. The van der Waals surface area contributed by atoms with Gasteiger partial charge in [-0.1, -0.05) is 6.92 Å². The number of hydrogen-bond donors (Lipinski definition) is 0. The van der Waals surface area contributed by atoms with E-state index < -0.39 is 0 Å². The molecule has 0 spiro atoms. The lowest BCUT2D eigenvalue weighted by molar-refractivity contribution is -0.130. The van der Waals surface area contributed by atoms with Gasteiger partial charge < -0.3 is 14.1 Å². The predicted octanol–water partition coefficient (Wildman–Crippen LogP) is 3.01. The van der Waals surface area contributed by atoms with E-state index in [1.807, 2.05) is 43.3 Å². The Morgan fingerprint density at radius 2 is 1.95 bits per heavy atom. The van der Waals surface area contributed by atoms with Crippen molar-refractivity contribution in [3.63, 3.8) is 0 Å². The molecule has 1 aliphatic rings. The fourth-order valence-corrected chi connectivity index (χ4v) is 2.50. The van der Waals surface area contributed by atoms with Crippen LogP contribution in [0.15, 0.2) is 47.1 Å². The third-order valence-electron chi connectivity index (χ3n) is 3.56. The number of methoxy groups -OCH3 is 1. The van der Waals surface area contributed by atoms with Gasteiger partial charge in [0.1, 0.15) is 17.6 Å². The van der Waals surface area contributed by atoms with E-state index in [1.165, 1.54) is 0 Å². The van der Waals surface area contributed by atoms with Gasteiger partial charge in [0.15, 0.2) is 0 Å². The van der Waals surface area contributed by atoms with Crippen molar-refractivity contribution in [2.24, 2.45) is 5.92 Å². The number of benzene rings is 1. The van der Waals surface area contributed by atoms with E-state index >= 15 is 0 Å². The van der Waals surface area contributed by atoms with Crippen LogP contribution in [0.25, 0.3) is 0 Å². The summed E-state index contributed by atoms with van der Waals surface area (Å²) in [6.07, 6.45) is 1.64. The number of ether oxygens (including phenoxy) is 1. The van der Waals surface area contributed by atoms with Crippen LogP contribution in [0.3, 0.4) is 0 Å². The summed E-state index contributed by atoms with van der Waals surface area (Å²) in [7, 11) is 1.62. The normalized spacial score (nSPS) is 22.2. The van der Waals surface area contributed by atoms with Crippen molar-refractivity contribution in [3.05, 3.63) is 48.4 Å². The molecule has 98 valence electrons. The number of hydrogen-bond acceptors (Lipinski definition) is 3. The highest BCUT2D eigenvalue weighted by atomic mass is 16.5. The topological polar surface area (TPSA) is 42.7 Å². The van der Waals surface area contributed by atoms with Crippen LogP contribution < -0.4 is 9.64 Å². The van der Waals surface area contributed by atoms with Crippen molar-refractivity contribution < 1.29 is 13.9 Å². The summed E-state index contributed by atoms with van der Waals surface area (Å²) < 4.78 is 10.6. The number of furan rings is 1. The third-order valence-corrected chi connectivity index (χ3v) is 3.56. The third kappa shape index (κ3) is 1.80. The second-order valence-electron chi connectivity index (χ2n) is 4.66. The molecular formula is C15H15NO3. The lowest BCUT2D eigenvalue weighted by atomic mass is 9.86. The Morgan fingerprint density at radius 1 is 1.21 bits per heavy atom. The molecule has 19 heavy (non-hydrogen) atoms. The standard InChI is InChI=1S/C15H15NO3/c1-10-14(13-4-3-9-19-13)16(15(10)17)11-5-7-12(18-2)8-6-11/h3-10,14H,1-2H3/t10-,14-/m0/s1. The van der Waals surface area contributed by atoms with Crippen LogP contribution in [0, 0.1) is 5.92 Å². The molecule has 1 aromatic carbocycles. The van der Waals surface area contributed by atoms with E-state index in [4.69, 9.17) is 9.15 Å². The van der Waals surface area contributed by atoms with Gasteiger partial charge in [-0.3, -0.25) is 4.79 Å². The van der Waals surface area contributed by atoms with Crippen molar-refractivity contribution in [2.45, 2.75) is 13.0 Å². The molecule has 1 aromatic heterocycles. The fourth-order valence-electron chi connectivity index (χ4n) is 2.50. The van der Waals surface area contributed by atoms with Gasteiger partial charge in [0.05, 0.1) is 19.3 Å². The Kier molecular flexibility index (Phi) is 2.78. The van der Waals surface area contributed by atoms with Crippen LogP contribution in [0.1, 0.15) is 18.7 Å². The molecule has 0 aliphatic carbocycles. The molecular weight excluding hydrogens is 242 g/mol. The van der Waals surface area contributed by atoms with Gasteiger partial charge in [0.25, 0.3) is 0 Å². The first-order valence-electron chi connectivity index (χ1n) is 6.23. The number of β-lactam (4-membered cyclic amide) rings is 1.